The minimum absolute atomic E-state index is 0.0650. The van der Waals surface area contributed by atoms with Crippen LogP contribution in [-0.4, -0.2) is 16.7 Å². The molecular weight excluding hydrogens is 386 g/mol. The van der Waals surface area contributed by atoms with Crippen LogP contribution in [0.3, 0.4) is 0 Å². The summed E-state index contributed by atoms with van der Waals surface area (Å²) in [7, 11) is 0. The third-order valence-corrected chi connectivity index (χ3v) is 5.48. The van der Waals surface area contributed by atoms with E-state index < -0.39 is 4.92 Å². The monoisotopic (exact) mass is 407 g/mol. The van der Waals surface area contributed by atoms with Crippen molar-refractivity contribution in [1.29, 1.82) is 0 Å². The van der Waals surface area contributed by atoms with Crippen molar-refractivity contribution in [3.8, 4) is 11.5 Å². The summed E-state index contributed by atoms with van der Waals surface area (Å²) in [5, 5.41) is 10.9. The molecule has 1 aliphatic heterocycles. The van der Waals surface area contributed by atoms with Crippen LogP contribution in [0.1, 0.15) is 54.4 Å². The average molecular weight is 407 g/mol. The van der Waals surface area contributed by atoms with Gasteiger partial charge < -0.3 is 9.47 Å². The van der Waals surface area contributed by atoms with Crippen LogP contribution in [0.5, 0.6) is 11.5 Å². The molecule has 0 N–H and O–H groups in total. The van der Waals surface area contributed by atoms with Crippen LogP contribution >= 0.6 is 0 Å². The molecule has 7 nitrogen and oxygen atoms in total. The number of esters is 1. The van der Waals surface area contributed by atoms with Crippen LogP contribution in [0.4, 0.5) is 5.69 Å². The number of allylic oxidation sites excluding steroid dienone is 1. The third kappa shape index (κ3) is 4.40. The number of carbonyl (C=O) groups excluding carboxylic acids is 2. The molecule has 0 radical (unpaired) electrons. The molecule has 0 amide bonds. The van der Waals surface area contributed by atoms with Gasteiger partial charge in [-0.15, -0.1) is 0 Å². The van der Waals surface area contributed by atoms with Crippen LogP contribution in [0.25, 0.3) is 6.08 Å². The number of fused-ring (bicyclic) bond motifs is 1. The highest BCUT2D eigenvalue weighted by Crippen LogP contribution is 2.35. The highest BCUT2D eigenvalue weighted by atomic mass is 16.6. The fourth-order valence-corrected chi connectivity index (χ4v) is 3.91. The van der Waals surface area contributed by atoms with E-state index in [0.717, 1.165) is 6.42 Å². The maximum Gasteiger partial charge on any atom is 0.311 e. The van der Waals surface area contributed by atoms with E-state index in [2.05, 4.69) is 0 Å². The molecule has 2 aromatic carbocycles. The minimum Gasteiger partial charge on any atom is -0.452 e. The lowest BCUT2D eigenvalue weighted by Gasteiger charge is -2.09. The lowest BCUT2D eigenvalue weighted by Crippen LogP contribution is -2.09. The quantitative estimate of drug-likeness (QED) is 0.218. The Labute approximate surface area is 173 Å². The molecule has 0 aromatic heterocycles. The number of rotatable bonds is 6. The number of ether oxygens (including phenoxy) is 2. The molecule has 4 rings (SSSR count). The van der Waals surface area contributed by atoms with Crippen LogP contribution in [0.2, 0.25) is 0 Å². The van der Waals surface area contributed by atoms with Crippen LogP contribution in [-0.2, 0) is 4.79 Å². The number of hydrogen-bond acceptors (Lipinski definition) is 6. The summed E-state index contributed by atoms with van der Waals surface area (Å²) in [6.07, 6.45) is 7.52. The first-order valence-electron chi connectivity index (χ1n) is 10.0. The molecule has 0 atom stereocenters. The zero-order valence-electron chi connectivity index (χ0n) is 16.3. The van der Waals surface area contributed by atoms with E-state index in [1.807, 2.05) is 0 Å². The van der Waals surface area contributed by atoms with Crippen molar-refractivity contribution in [3.63, 3.8) is 0 Å². The summed E-state index contributed by atoms with van der Waals surface area (Å²) in [5.41, 5.74) is 0.774. The Bertz CT molecular complexity index is 1040. The Morgan fingerprint density at radius 1 is 1.20 bits per heavy atom. The van der Waals surface area contributed by atoms with E-state index in [-0.39, 0.29) is 23.2 Å². The molecule has 2 aromatic rings. The number of nitrogens with zero attached hydrogens (tertiary/aromatic N) is 1. The number of carbonyl (C=O) groups is 2. The zero-order chi connectivity index (χ0) is 21.1. The van der Waals surface area contributed by atoms with Crippen LogP contribution in [0, 0.1) is 16.0 Å². The Balaban J connectivity index is 1.44. The van der Waals surface area contributed by atoms with Crippen molar-refractivity contribution in [2.75, 3.05) is 0 Å². The number of hydrogen-bond donors (Lipinski definition) is 0. The summed E-state index contributed by atoms with van der Waals surface area (Å²) in [4.78, 5) is 35.1. The van der Waals surface area contributed by atoms with Gasteiger partial charge in [0.25, 0.3) is 5.69 Å². The number of nitro benzene ring substituents is 1. The number of Topliss-reactive ketones (excluding diaryl/α,β-unsaturated/α-hetero) is 1. The van der Waals surface area contributed by atoms with Gasteiger partial charge in [0.05, 0.1) is 10.5 Å². The predicted octanol–water partition coefficient (Wildman–Crippen LogP) is 5.09. The first-order chi connectivity index (χ1) is 14.5. The van der Waals surface area contributed by atoms with Crippen LogP contribution in [0.15, 0.2) is 48.2 Å². The number of non-ortho nitro benzene ring substituents is 1. The van der Waals surface area contributed by atoms with E-state index >= 15 is 0 Å². The van der Waals surface area contributed by atoms with Gasteiger partial charge in [0.15, 0.2) is 5.76 Å². The van der Waals surface area contributed by atoms with Crippen molar-refractivity contribution in [2.45, 2.75) is 38.5 Å². The molecule has 1 heterocycles. The maximum atomic E-state index is 12.6. The molecule has 0 saturated heterocycles. The van der Waals surface area contributed by atoms with E-state index in [4.69, 9.17) is 9.47 Å². The average Bonchev–Trinajstić information content (AvgIpc) is 3.35. The van der Waals surface area contributed by atoms with Crippen molar-refractivity contribution < 1.29 is 24.0 Å². The van der Waals surface area contributed by atoms with Crippen molar-refractivity contribution in [3.05, 3.63) is 69.5 Å². The fourth-order valence-electron chi connectivity index (χ4n) is 3.91. The largest absolute Gasteiger partial charge is 0.452 e. The van der Waals surface area contributed by atoms with Crippen LogP contribution < -0.4 is 9.47 Å². The normalized spacial score (nSPS) is 17.1. The van der Waals surface area contributed by atoms with Crippen molar-refractivity contribution in [1.82, 2.24) is 0 Å². The molecule has 1 aliphatic carbocycles. The standard InChI is InChI=1S/C23H21NO6/c25-22(11-8-15-4-1-2-5-15)29-18-9-10-19-20(14-18)30-21(23(19)26)13-16-6-3-7-17(12-16)24(27)28/h3,6-7,9-10,12-15H,1-2,4-5,8,11H2/b21-13-. The molecule has 154 valence electrons. The lowest BCUT2D eigenvalue weighted by molar-refractivity contribution is -0.384. The molecule has 0 unspecified atom stereocenters. The maximum absolute atomic E-state index is 12.6. The summed E-state index contributed by atoms with van der Waals surface area (Å²) in [6, 6.07) is 10.6. The third-order valence-electron chi connectivity index (χ3n) is 5.48. The molecule has 1 saturated carbocycles. The Morgan fingerprint density at radius 3 is 2.77 bits per heavy atom. The Hall–Kier alpha value is -3.48. The van der Waals surface area contributed by atoms with Gasteiger partial charge in [0.1, 0.15) is 11.5 Å². The number of benzene rings is 2. The van der Waals surface area contributed by atoms with Crippen molar-refractivity contribution in [2.24, 2.45) is 5.92 Å². The Kier molecular flexibility index (Phi) is 5.61. The van der Waals surface area contributed by atoms with E-state index in [1.54, 1.807) is 24.3 Å². The van der Waals surface area contributed by atoms with E-state index in [0.29, 0.717) is 35.0 Å². The predicted molar refractivity (Wildman–Crippen MR) is 109 cm³/mol. The summed E-state index contributed by atoms with van der Waals surface area (Å²) >= 11 is 0. The summed E-state index contributed by atoms with van der Waals surface area (Å²) in [5.74, 6) is 0.691. The highest BCUT2D eigenvalue weighted by Gasteiger charge is 2.28. The van der Waals surface area contributed by atoms with E-state index in [1.165, 1.54) is 50.0 Å². The van der Waals surface area contributed by atoms with Gasteiger partial charge in [0.2, 0.25) is 5.78 Å². The van der Waals surface area contributed by atoms with Gasteiger partial charge >= 0.3 is 5.97 Å². The van der Waals surface area contributed by atoms with Gasteiger partial charge in [-0.05, 0) is 36.1 Å². The smallest absolute Gasteiger partial charge is 0.311 e. The molecular formula is C23H21NO6. The van der Waals surface area contributed by atoms with E-state index in [9.17, 15) is 19.7 Å². The van der Waals surface area contributed by atoms with Gasteiger partial charge in [-0.25, -0.2) is 0 Å². The second-order valence-corrected chi connectivity index (χ2v) is 7.61. The SMILES string of the molecule is O=C(CCC1CCCC1)Oc1ccc2c(c1)O/C(=C\c1cccc([N+](=O)[O-])c1)C2=O. The topological polar surface area (TPSA) is 95.7 Å². The van der Waals surface area contributed by atoms with Gasteiger partial charge in [-0.2, -0.15) is 0 Å². The summed E-state index contributed by atoms with van der Waals surface area (Å²) < 4.78 is 11.0. The molecule has 30 heavy (non-hydrogen) atoms. The zero-order valence-corrected chi connectivity index (χ0v) is 16.3. The molecule has 2 aliphatic rings. The van der Waals surface area contributed by atoms with Gasteiger partial charge in [0, 0.05) is 24.6 Å². The second kappa shape index (κ2) is 8.49. The minimum atomic E-state index is -0.499. The number of nitro groups is 1. The van der Waals surface area contributed by atoms with Gasteiger partial charge in [-0.3, -0.25) is 19.7 Å². The number of ketones is 1. The molecule has 7 heteroatoms. The summed E-state index contributed by atoms with van der Waals surface area (Å²) in [6.45, 7) is 0. The van der Waals surface area contributed by atoms with Crippen molar-refractivity contribution >= 4 is 23.5 Å². The van der Waals surface area contributed by atoms with Gasteiger partial charge in [-0.1, -0.05) is 37.8 Å². The first kappa shape index (κ1) is 19.8. The lowest BCUT2D eigenvalue weighted by atomic mass is 10.0. The second-order valence-electron chi connectivity index (χ2n) is 7.61. The first-order valence-corrected chi connectivity index (χ1v) is 10.0. The highest BCUT2D eigenvalue weighted by molar-refractivity contribution is 6.14. The molecule has 0 spiro atoms. The molecule has 0 bridgehead atoms. The molecule has 1 fully saturated rings. The fraction of sp³-hybridized carbons (Fsp3) is 0.304. The Morgan fingerprint density at radius 2 is 2.00 bits per heavy atom.